The lowest BCUT2D eigenvalue weighted by molar-refractivity contribution is 0.277. The van der Waals surface area contributed by atoms with Crippen LogP contribution in [0.4, 0.5) is 10.2 Å². The highest BCUT2D eigenvalue weighted by molar-refractivity contribution is 5.92. The fourth-order valence-corrected chi connectivity index (χ4v) is 1.90. The number of halogens is 1. The summed E-state index contributed by atoms with van der Waals surface area (Å²) in [4.78, 5) is 0. The maximum Gasteiger partial charge on any atom is 0.198 e. The van der Waals surface area contributed by atoms with Crippen molar-refractivity contribution in [1.29, 1.82) is 0 Å². The van der Waals surface area contributed by atoms with Gasteiger partial charge in [-0.15, -0.1) is 0 Å². The number of rotatable bonds is 4. The molecule has 98 valence electrons. The van der Waals surface area contributed by atoms with Gasteiger partial charge in [-0.05, 0) is 13.8 Å². The fourth-order valence-electron chi connectivity index (χ4n) is 1.90. The minimum atomic E-state index is -0.525. The van der Waals surface area contributed by atoms with E-state index in [1.165, 1.54) is 4.68 Å². The summed E-state index contributed by atoms with van der Waals surface area (Å²) < 4.78 is 26.6. The van der Waals surface area contributed by atoms with E-state index < -0.39 is 5.82 Å². The Bertz CT molecular complexity index is 580. The number of aromatic nitrogens is 2. The second kappa shape index (κ2) is 4.72. The number of anilines is 1. The molecule has 0 bridgehead atoms. The van der Waals surface area contributed by atoms with E-state index in [0.29, 0.717) is 24.5 Å². The van der Waals surface area contributed by atoms with Gasteiger partial charge in [0.2, 0.25) is 0 Å². The molecule has 0 aliphatic heterocycles. The summed E-state index contributed by atoms with van der Waals surface area (Å²) in [5.41, 5.74) is 6.28. The van der Waals surface area contributed by atoms with Gasteiger partial charge < -0.3 is 15.2 Å². The van der Waals surface area contributed by atoms with E-state index in [0.717, 1.165) is 0 Å². The number of ether oxygens (including phenoxy) is 2. The van der Waals surface area contributed by atoms with Gasteiger partial charge in [0.05, 0.1) is 24.1 Å². The molecule has 0 fully saturated rings. The van der Waals surface area contributed by atoms with Crippen LogP contribution in [0.3, 0.4) is 0 Å². The number of nitrogen functional groups attached to an aromatic ring is 1. The summed E-state index contributed by atoms with van der Waals surface area (Å²) >= 11 is 0. The van der Waals surface area contributed by atoms with Gasteiger partial charge in [-0.25, -0.2) is 4.39 Å². The largest absolute Gasteiger partial charge is 0.490 e. The highest BCUT2D eigenvalue weighted by Gasteiger charge is 2.20. The molecule has 2 aromatic rings. The Balaban J connectivity index is 2.74. The van der Waals surface area contributed by atoms with Gasteiger partial charge in [0.15, 0.2) is 23.1 Å². The molecule has 0 amide bonds. The Morgan fingerprint density at radius 2 is 2.00 bits per heavy atom. The smallest absolute Gasteiger partial charge is 0.198 e. The standard InChI is InChI=1S/C12H16FN3O2/c1-4-17-8-6-7-9(12(14)15-16(7)3)10(13)11(8)18-5-2/h6H,4-5H2,1-3H3,(H2,14,15). The molecule has 2 N–H and O–H groups in total. The molecule has 0 atom stereocenters. The van der Waals surface area contributed by atoms with Crippen LogP contribution in [0.5, 0.6) is 11.5 Å². The van der Waals surface area contributed by atoms with Gasteiger partial charge in [0.25, 0.3) is 0 Å². The van der Waals surface area contributed by atoms with Crippen LogP contribution in [0, 0.1) is 5.82 Å². The lowest BCUT2D eigenvalue weighted by Gasteiger charge is -2.12. The van der Waals surface area contributed by atoms with Crippen molar-refractivity contribution in [3.05, 3.63) is 11.9 Å². The van der Waals surface area contributed by atoms with Crippen LogP contribution < -0.4 is 15.2 Å². The molecule has 0 saturated carbocycles. The van der Waals surface area contributed by atoms with Gasteiger partial charge in [0, 0.05) is 13.1 Å². The highest BCUT2D eigenvalue weighted by Crippen LogP contribution is 2.38. The third kappa shape index (κ3) is 1.83. The third-order valence-electron chi connectivity index (χ3n) is 2.62. The summed E-state index contributed by atoms with van der Waals surface area (Å²) in [6.45, 7) is 4.39. The fraction of sp³-hybridized carbons (Fsp3) is 0.417. The van der Waals surface area contributed by atoms with Crippen LogP contribution in [0.2, 0.25) is 0 Å². The van der Waals surface area contributed by atoms with Crippen LogP contribution in [-0.2, 0) is 7.05 Å². The zero-order valence-corrected chi connectivity index (χ0v) is 10.7. The molecule has 1 aromatic heterocycles. The zero-order valence-electron chi connectivity index (χ0n) is 10.7. The number of benzene rings is 1. The number of fused-ring (bicyclic) bond motifs is 1. The van der Waals surface area contributed by atoms with Crippen molar-refractivity contribution in [1.82, 2.24) is 9.78 Å². The lowest BCUT2D eigenvalue weighted by Crippen LogP contribution is -2.02. The minimum absolute atomic E-state index is 0.0894. The SMILES string of the molecule is CCOc1cc2c(c(N)nn2C)c(F)c1OCC. The first-order valence-electron chi connectivity index (χ1n) is 5.80. The Morgan fingerprint density at radius 1 is 1.33 bits per heavy atom. The van der Waals surface area contributed by atoms with Gasteiger partial charge in [-0.1, -0.05) is 0 Å². The molecule has 0 radical (unpaired) electrons. The molecular weight excluding hydrogens is 237 g/mol. The molecule has 1 aromatic carbocycles. The predicted molar refractivity (Wildman–Crippen MR) is 67.4 cm³/mol. The molecule has 2 rings (SSSR count). The van der Waals surface area contributed by atoms with Crippen LogP contribution in [0.1, 0.15) is 13.8 Å². The van der Waals surface area contributed by atoms with Gasteiger partial charge in [-0.2, -0.15) is 5.10 Å². The zero-order chi connectivity index (χ0) is 13.3. The van der Waals surface area contributed by atoms with Crippen molar-refractivity contribution in [3.8, 4) is 11.5 Å². The molecule has 0 spiro atoms. The number of hydrogen-bond donors (Lipinski definition) is 1. The second-order valence-corrected chi connectivity index (χ2v) is 3.79. The maximum atomic E-state index is 14.4. The van der Waals surface area contributed by atoms with Crippen molar-refractivity contribution in [3.63, 3.8) is 0 Å². The third-order valence-corrected chi connectivity index (χ3v) is 2.62. The average Bonchev–Trinajstić information content (AvgIpc) is 2.60. The van der Waals surface area contributed by atoms with Gasteiger partial charge in [0.1, 0.15) is 0 Å². The van der Waals surface area contributed by atoms with E-state index >= 15 is 0 Å². The summed E-state index contributed by atoms with van der Waals surface area (Å²) in [5.74, 6) is 0.0799. The number of aryl methyl sites for hydroxylation is 1. The van der Waals surface area contributed by atoms with Crippen molar-refractivity contribution in [2.75, 3.05) is 18.9 Å². The van der Waals surface area contributed by atoms with Crippen LogP contribution in [0.25, 0.3) is 10.9 Å². The first kappa shape index (κ1) is 12.5. The topological polar surface area (TPSA) is 62.3 Å². The first-order chi connectivity index (χ1) is 8.60. The molecule has 18 heavy (non-hydrogen) atoms. The molecule has 0 aliphatic rings. The summed E-state index contributed by atoms with van der Waals surface area (Å²) in [7, 11) is 1.70. The number of hydrogen-bond acceptors (Lipinski definition) is 4. The van der Waals surface area contributed by atoms with E-state index in [4.69, 9.17) is 15.2 Å². The molecule has 1 heterocycles. The number of nitrogens with two attached hydrogens (primary N) is 1. The van der Waals surface area contributed by atoms with Gasteiger partial charge in [-0.3, -0.25) is 4.68 Å². The summed E-state index contributed by atoms with van der Waals surface area (Å²) in [6, 6.07) is 1.69. The highest BCUT2D eigenvalue weighted by atomic mass is 19.1. The monoisotopic (exact) mass is 253 g/mol. The van der Waals surface area contributed by atoms with Crippen molar-refractivity contribution in [2.45, 2.75) is 13.8 Å². The minimum Gasteiger partial charge on any atom is -0.490 e. The van der Waals surface area contributed by atoms with Crippen molar-refractivity contribution in [2.24, 2.45) is 7.05 Å². The Hall–Kier alpha value is -1.98. The van der Waals surface area contributed by atoms with E-state index in [9.17, 15) is 4.39 Å². The molecule has 6 heteroatoms. The Labute approximate surface area is 104 Å². The predicted octanol–water partition coefficient (Wildman–Crippen LogP) is 2.09. The lowest BCUT2D eigenvalue weighted by atomic mass is 10.2. The summed E-state index contributed by atoms with van der Waals surface area (Å²) in [5, 5.41) is 4.26. The molecule has 0 saturated heterocycles. The quantitative estimate of drug-likeness (QED) is 0.906. The van der Waals surface area contributed by atoms with E-state index in [2.05, 4.69) is 5.10 Å². The Kier molecular flexibility index (Phi) is 3.27. The van der Waals surface area contributed by atoms with Crippen molar-refractivity contribution >= 4 is 16.7 Å². The summed E-state index contributed by atoms with van der Waals surface area (Å²) in [6.07, 6.45) is 0. The first-order valence-corrected chi connectivity index (χ1v) is 5.80. The Morgan fingerprint density at radius 3 is 2.61 bits per heavy atom. The molecule has 0 unspecified atom stereocenters. The van der Waals surface area contributed by atoms with E-state index in [1.807, 2.05) is 6.92 Å². The number of nitrogens with zero attached hydrogens (tertiary/aromatic N) is 2. The van der Waals surface area contributed by atoms with Gasteiger partial charge >= 0.3 is 0 Å². The molecular formula is C12H16FN3O2. The van der Waals surface area contributed by atoms with E-state index in [1.54, 1.807) is 20.0 Å². The van der Waals surface area contributed by atoms with Crippen LogP contribution in [-0.4, -0.2) is 23.0 Å². The molecule has 0 aliphatic carbocycles. The van der Waals surface area contributed by atoms with Crippen molar-refractivity contribution < 1.29 is 13.9 Å². The maximum absolute atomic E-state index is 14.4. The molecule has 5 nitrogen and oxygen atoms in total. The second-order valence-electron chi connectivity index (χ2n) is 3.79. The average molecular weight is 253 g/mol. The normalized spacial score (nSPS) is 10.9. The van der Waals surface area contributed by atoms with Crippen LogP contribution in [0.15, 0.2) is 6.07 Å². The van der Waals surface area contributed by atoms with E-state index in [-0.39, 0.29) is 17.0 Å². The van der Waals surface area contributed by atoms with Crippen LogP contribution >= 0.6 is 0 Å².